The summed E-state index contributed by atoms with van der Waals surface area (Å²) >= 11 is 9.60. The highest BCUT2D eigenvalue weighted by Crippen LogP contribution is 2.48. The molecular formula is C12H18N2OS39. The van der Waals surface area contributed by atoms with Gasteiger partial charge < -0.3 is 16.2 Å². The molecule has 0 unspecified atom stereocenters. The quantitative estimate of drug-likeness (QED) is 0.392. The van der Waals surface area contributed by atoms with Gasteiger partial charge in [0.05, 0.1) is 22.6 Å². The highest BCUT2D eigenvalue weighted by molar-refractivity contribution is 8.81. The van der Waals surface area contributed by atoms with Crippen LogP contribution < -0.4 is 11.5 Å². The van der Waals surface area contributed by atoms with E-state index in [2.05, 4.69) is 27.7 Å². The number of nitrogen functional groups attached to an aromatic ring is 2. The van der Waals surface area contributed by atoms with Crippen LogP contribution in [0, 0.1) is 0 Å². The van der Waals surface area contributed by atoms with Crippen molar-refractivity contribution in [2.24, 2.45) is 0 Å². The van der Waals surface area contributed by atoms with Crippen molar-refractivity contribution in [1.29, 1.82) is 0 Å². The molecule has 1 aliphatic heterocycles. The molecule has 0 radical (unpaired) electrons. The van der Waals surface area contributed by atoms with E-state index in [4.69, 9.17) is 38.6 Å². The number of hydrogen-bond donors (Lipinski definition) is 2. The second kappa shape index (κ2) is 41.8. The predicted octanol–water partition coefficient (Wildman–Crippen LogP) is 2.26. The first kappa shape index (κ1) is 59.4. The maximum Gasteiger partial charge on any atom is 0.0891 e. The third kappa shape index (κ3) is 33.8. The third-order valence-electron chi connectivity index (χ3n) is 4.03. The zero-order valence-electron chi connectivity index (χ0n) is 25.6. The normalized spacial score (nSPS) is 11.5. The SMILES string of the molecule is CC1(C)OC(C)(C)c2cc(N)c(N)cc21.S=S=S=S=S=S=S=S=S=S=S=S=S=S=S=S=S=S=S=S=S=S=S=S=S=S=S=S=S=S=S=S=S=S=S=S=S=S=S. The summed E-state index contributed by atoms with van der Waals surface area (Å²) in [6.07, 6.45) is 0. The fourth-order valence-corrected chi connectivity index (χ4v) is 98.8. The molecule has 1 heterocycles. The van der Waals surface area contributed by atoms with E-state index in [1.807, 2.05) is 216 Å². The van der Waals surface area contributed by atoms with Gasteiger partial charge in [0.15, 0.2) is 0 Å². The molecule has 1 aromatic rings. The van der Waals surface area contributed by atoms with Crippen LogP contribution in [0.1, 0.15) is 38.8 Å². The number of anilines is 2. The topological polar surface area (TPSA) is 61.3 Å². The van der Waals surface area contributed by atoms with Gasteiger partial charge in [0, 0.05) is 351 Å². The summed E-state index contributed by atoms with van der Waals surface area (Å²) < 4.78 is 6.01. The Hall–Kier alpha value is 7.36. The number of fused-ring (bicyclic) bond motifs is 1. The van der Waals surface area contributed by atoms with Gasteiger partial charge in [0.25, 0.3) is 0 Å². The van der Waals surface area contributed by atoms with E-state index in [0.29, 0.717) is 11.4 Å². The first-order valence-electron chi connectivity index (χ1n) is 11.5. The standard InChI is InChI=1S/C12H18N2O.S39/c1-11(2)7-5-9(13)10(14)6-8(7)12(3,4)15-11;1-3-5-7-9-11-13-15-17-19-21-23-25-27-29-31-33-35-37-39-38-36-34-32-30-28-26-24-22-20-18-16-14-12-10-8-6-4-2/h5-6H,13-14H2,1-4H3;. The van der Waals surface area contributed by atoms with Crippen molar-refractivity contribution >= 4 is 362 Å². The van der Waals surface area contributed by atoms with Crippen LogP contribution in [0.3, 0.4) is 0 Å². The van der Waals surface area contributed by atoms with Gasteiger partial charge >= 0.3 is 0 Å². The molecule has 0 spiro atoms. The minimum Gasteiger partial charge on any atom is -0.397 e. The molecular weight excluding hydrogens is 1440 g/mol. The van der Waals surface area contributed by atoms with Crippen LogP contribution in [0.4, 0.5) is 11.4 Å². The Balaban J connectivity index is 0.000000795. The van der Waals surface area contributed by atoms with Gasteiger partial charge in [-0.05, 0) is 51.0 Å². The Kier molecular flexibility index (Phi) is 45.9. The number of benzene rings is 1. The van der Waals surface area contributed by atoms with Crippen LogP contribution in [-0.2, 0) is 367 Å². The highest BCUT2D eigenvalue weighted by atomic mass is 33.5. The molecule has 1 aliphatic rings. The van der Waals surface area contributed by atoms with Crippen molar-refractivity contribution < 1.29 is 4.74 Å². The predicted molar refractivity (Wildman–Crippen MR) is 350 cm³/mol. The highest BCUT2D eigenvalue weighted by Gasteiger charge is 2.43. The molecule has 4 N–H and O–H groups in total. The van der Waals surface area contributed by atoms with Gasteiger partial charge in [0.1, 0.15) is 0 Å². The minimum atomic E-state index is -0.291. The average Bonchev–Trinajstić information content (AvgIpc) is 3.32. The summed E-state index contributed by atoms with van der Waals surface area (Å²) in [6.45, 7) is 8.21. The number of nitrogens with two attached hydrogens (primary N) is 2. The smallest absolute Gasteiger partial charge is 0.0891 e. The number of ether oxygens (including phenoxy) is 1. The zero-order chi connectivity index (χ0) is 39.6. The van der Waals surface area contributed by atoms with Gasteiger partial charge in [-0.15, -0.1) is 0 Å². The number of rotatable bonds is 0. The molecule has 0 atom stereocenters. The minimum absolute atomic E-state index is 0.291. The number of hydrogen-bond acceptors (Lipinski definition) is 5. The lowest BCUT2D eigenvalue weighted by Gasteiger charge is -2.24. The molecule has 1 aromatic carbocycles. The molecule has 0 fully saturated rings. The van der Waals surface area contributed by atoms with Crippen molar-refractivity contribution in [2.45, 2.75) is 38.9 Å². The van der Waals surface area contributed by atoms with Crippen LogP contribution in [0.5, 0.6) is 0 Å². The van der Waals surface area contributed by atoms with Crippen molar-refractivity contribution in [3.8, 4) is 0 Å². The van der Waals surface area contributed by atoms with E-state index in [9.17, 15) is 0 Å². The fraction of sp³-hybridized carbons (Fsp3) is 0.500. The lowest BCUT2D eigenvalue weighted by atomic mass is 9.89. The first-order chi connectivity index (χ1) is 26.2. The molecule has 316 valence electrons. The summed E-state index contributed by atoms with van der Waals surface area (Å²) in [6, 6.07) is 3.86. The molecule has 42 heteroatoms. The van der Waals surface area contributed by atoms with E-state index < -0.39 is 0 Å². The van der Waals surface area contributed by atoms with Crippen LogP contribution in [0.25, 0.3) is 0 Å². The molecule has 54 heavy (non-hydrogen) atoms. The van der Waals surface area contributed by atoms with Crippen LogP contribution >= 0.6 is 0 Å². The van der Waals surface area contributed by atoms with Gasteiger partial charge in [-0.2, -0.15) is 0 Å². The van der Waals surface area contributed by atoms with Crippen LogP contribution in [0.2, 0.25) is 0 Å². The summed E-state index contributed by atoms with van der Waals surface area (Å²) in [5.41, 5.74) is 14.6. The maximum atomic E-state index is 6.01. The summed E-state index contributed by atoms with van der Waals surface area (Å²) in [7, 11) is 65.6. The summed E-state index contributed by atoms with van der Waals surface area (Å²) in [5, 5.41) is 0. The van der Waals surface area contributed by atoms with Crippen molar-refractivity contribution in [3.63, 3.8) is 0 Å². The average molecular weight is 1460 g/mol. The Labute approximate surface area is 430 Å². The molecule has 3 nitrogen and oxygen atoms in total. The Bertz CT molecular complexity index is 3060. The monoisotopic (exact) mass is 1450 g/mol. The molecule has 0 aromatic heterocycles. The summed E-state index contributed by atoms with van der Waals surface area (Å²) in [4.78, 5) is 0. The second-order valence-electron chi connectivity index (χ2n) is 7.67. The molecule has 0 saturated carbocycles. The zero-order valence-corrected chi connectivity index (χ0v) is 57.5. The van der Waals surface area contributed by atoms with Crippen LogP contribution in [0.15, 0.2) is 12.1 Å². The molecule has 0 saturated heterocycles. The molecule has 0 amide bonds. The van der Waals surface area contributed by atoms with Crippen molar-refractivity contribution in [2.75, 3.05) is 11.5 Å². The molecule has 0 aliphatic carbocycles. The lowest BCUT2D eigenvalue weighted by molar-refractivity contribution is -0.105. The van der Waals surface area contributed by atoms with Crippen molar-refractivity contribution in [1.82, 2.24) is 0 Å². The Morgan fingerprint density at radius 1 is 0.333 bits per heavy atom. The van der Waals surface area contributed by atoms with Gasteiger partial charge in [-0.1, -0.05) is 0 Å². The maximum absolute atomic E-state index is 6.01. The lowest BCUT2D eigenvalue weighted by Crippen LogP contribution is -2.22. The van der Waals surface area contributed by atoms with Crippen molar-refractivity contribution in [3.05, 3.63) is 23.3 Å². The Morgan fingerprint density at radius 3 is 0.630 bits per heavy atom. The largest absolute Gasteiger partial charge is 0.397 e. The van der Waals surface area contributed by atoms with Crippen LogP contribution in [-0.4, -0.2) is 0 Å². The van der Waals surface area contributed by atoms with Gasteiger partial charge in [-0.25, -0.2) is 0 Å². The third-order valence-corrected chi connectivity index (χ3v) is 84.0. The molecule has 0 bridgehead atoms. The second-order valence-corrected chi connectivity index (χ2v) is 73.1. The van der Waals surface area contributed by atoms with Gasteiger partial charge in [-0.3, -0.25) is 0 Å². The molecule has 2 rings (SSSR count). The first-order valence-corrected chi connectivity index (χ1v) is 62.1. The Morgan fingerprint density at radius 2 is 0.481 bits per heavy atom. The van der Waals surface area contributed by atoms with E-state index in [0.717, 1.165) is 11.1 Å². The van der Waals surface area contributed by atoms with E-state index >= 15 is 0 Å². The fourth-order valence-electron chi connectivity index (χ4n) is 2.77. The van der Waals surface area contributed by atoms with E-state index in [1.165, 1.54) is 17.8 Å². The summed E-state index contributed by atoms with van der Waals surface area (Å²) in [5.74, 6) is 0. The van der Waals surface area contributed by atoms with Gasteiger partial charge in [0.2, 0.25) is 0 Å². The van der Waals surface area contributed by atoms with E-state index in [-0.39, 0.29) is 11.2 Å². The van der Waals surface area contributed by atoms with E-state index in [1.54, 1.807) is 107 Å².